The predicted molar refractivity (Wildman–Crippen MR) is 114 cm³/mol. The van der Waals surface area contributed by atoms with Gasteiger partial charge in [-0.2, -0.15) is 0 Å². The molecule has 1 aliphatic heterocycles. The smallest absolute Gasteiger partial charge is 0.256 e. The molecule has 5 nitrogen and oxygen atoms in total. The molecule has 0 saturated carbocycles. The van der Waals surface area contributed by atoms with Crippen molar-refractivity contribution in [2.45, 2.75) is 25.8 Å². The lowest BCUT2D eigenvalue weighted by Crippen LogP contribution is -2.31. The maximum atomic E-state index is 13.5. The van der Waals surface area contributed by atoms with Crippen LogP contribution in [-0.2, 0) is 0 Å². The van der Waals surface area contributed by atoms with Crippen molar-refractivity contribution in [2.24, 2.45) is 0 Å². The fourth-order valence-corrected chi connectivity index (χ4v) is 4.21. The second-order valence-corrected chi connectivity index (χ2v) is 7.67. The first-order chi connectivity index (χ1) is 14.0. The molecule has 0 bridgehead atoms. The van der Waals surface area contributed by atoms with Crippen LogP contribution >= 0.6 is 11.6 Å². The molecule has 1 saturated heterocycles. The largest absolute Gasteiger partial charge is 0.493 e. The highest BCUT2D eigenvalue weighted by Gasteiger charge is 2.32. The van der Waals surface area contributed by atoms with E-state index in [1.807, 2.05) is 54.3 Å². The number of pyridine rings is 1. The van der Waals surface area contributed by atoms with Gasteiger partial charge in [0.15, 0.2) is 11.5 Å². The summed E-state index contributed by atoms with van der Waals surface area (Å²) in [7, 11) is 3.24. The van der Waals surface area contributed by atoms with Crippen molar-refractivity contribution in [1.82, 2.24) is 9.88 Å². The number of fused-ring (bicyclic) bond motifs is 1. The molecule has 6 heteroatoms. The quantitative estimate of drug-likeness (QED) is 0.593. The molecular formula is C23H23ClN2O3. The molecule has 0 spiro atoms. The Morgan fingerprint density at radius 1 is 1.10 bits per heavy atom. The number of aromatic nitrogens is 1. The summed E-state index contributed by atoms with van der Waals surface area (Å²) < 4.78 is 10.8. The molecule has 29 heavy (non-hydrogen) atoms. The number of hydrogen-bond acceptors (Lipinski definition) is 4. The number of hydrogen-bond donors (Lipinski definition) is 0. The third-order valence-corrected chi connectivity index (χ3v) is 5.74. The molecule has 0 radical (unpaired) electrons. The fraction of sp³-hybridized carbons (Fsp3) is 0.304. The number of aryl methyl sites for hydroxylation is 1. The number of methoxy groups -OCH3 is 2. The van der Waals surface area contributed by atoms with Crippen LogP contribution < -0.4 is 9.47 Å². The van der Waals surface area contributed by atoms with Gasteiger partial charge in [-0.15, -0.1) is 0 Å². The molecule has 2 aromatic carbocycles. The lowest BCUT2D eigenvalue weighted by Gasteiger charge is -2.26. The Hall–Kier alpha value is -2.79. The monoisotopic (exact) mass is 410 g/mol. The Kier molecular flexibility index (Phi) is 5.33. The molecule has 1 aromatic heterocycles. The average Bonchev–Trinajstić information content (AvgIpc) is 3.22. The van der Waals surface area contributed by atoms with Gasteiger partial charge in [0.1, 0.15) is 0 Å². The van der Waals surface area contributed by atoms with E-state index < -0.39 is 0 Å². The van der Waals surface area contributed by atoms with Gasteiger partial charge in [0, 0.05) is 17.0 Å². The molecule has 150 valence electrons. The van der Waals surface area contributed by atoms with Crippen LogP contribution in [0, 0.1) is 6.92 Å². The second kappa shape index (κ2) is 7.91. The normalized spacial score (nSPS) is 16.3. The summed E-state index contributed by atoms with van der Waals surface area (Å²) in [5.41, 5.74) is 3.22. The summed E-state index contributed by atoms with van der Waals surface area (Å²) in [4.78, 5) is 20.0. The summed E-state index contributed by atoms with van der Waals surface area (Å²) in [5, 5.41) is 1.50. The van der Waals surface area contributed by atoms with Crippen LogP contribution in [0.25, 0.3) is 10.9 Å². The van der Waals surface area contributed by atoms with Gasteiger partial charge in [-0.3, -0.25) is 9.78 Å². The minimum Gasteiger partial charge on any atom is -0.493 e. The number of amides is 1. The average molecular weight is 411 g/mol. The third-order valence-electron chi connectivity index (χ3n) is 5.50. The van der Waals surface area contributed by atoms with Crippen LogP contribution in [0.4, 0.5) is 0 Å². The fourth-order valence-electron chi connectivity index (χ4n) is 4.03. The number of ether oxygens (including phenoxy) is 2. The molecule has 0 aliphatic carbocycles. The van der Waals surface area contributed by atoms with Crippen LogP contribution in [0.3, 0.4) is 0 Å². The van der Waals surface area contributed by atoms with Crippen molar-refractivity contribution in [2.75, 3.05) is 20.8 Å². The second-order valence-electron chi connectivity index (χ2n) is 7.23. The van der Waals surface area contributed by atoms with Crippen LogP contribution in [0.5, 0.6) is 11.5 Å². The number of halogens is 1. The standard InChI is InChI=1S/C23H23ClN2O3/c1-14-18(12-16-11-17(24)7-8-19(16)25-14)23(27)26-10-4-5-20(26)15-6-9-21(28-2)22(13-15)29-3/h6-9,11-13,20H,4-5,10H2,1-3H3/t20-/m1/s1. The van der Waals surface area contributed by atoms with E-state index in [-0.39, 0.29) is 11.9 Å². The van der Waals surface area contributed by atoms with E-state index in [0.29, 0.717) is 28.6 Å². The van der Waals surface area contributed by atoms with E-state index in [0.717, 1.165) is 35.0 Å². The van der Waals surface area contributed by atoms with Gasteiger partial charge in [-0.1, -0.05) is 17.7 Å². The van der Waals surface area contributed by atoms with Crippen molar-refractivity contribution >= 4 is 28.4 Å². The first kappa shape index (κ1) is 19.5. The highest BCUT2D eigenvalue weighted by atomic mass is 35.5. The molecular weight excluding hydrogens is 388 g/mol. The zero-order valence-corrected chi connectivity index (χ0v) is 17.5. The Morgan fingerprint density at radius 3 is 2.66 bits per heavy atom. The Labute approximate surface area is 175 Å². The first-order valence-electron chi connectivity index (χ1n) is 9.61. The van der Waals surface area contributed by atoms with Crippen molar-refractivity contribution in [1.29, 1.82) is 0 Å². The summed E-state index contributed by atoms with van der Waals surface area (Å²) in [6.45, 7) is 2.59. The SMILES string of the molecule is COc1ccc([C@H]2CCCN2C(=O)c2cc3cc(Cl)ccc3nc2C)cc1OC. The summed E-state index contributed by atoms with van der Waals surface area (Å²) >= 11 is 6.13. The van der Waals surface area contributed by atoms with Crippen LogP contribution in [0.15, 0.2) is 42.5 Å². The lowest BCUT2D eigenvalue weighted by molar-refractivity contribution is 0.0734. The first-order valence-corrected chi connectivity index (χ1v) is 9.99. The topological polar surface area (TPSA) is 51.7 Å². The molecule has 2 heterocycles. The maximum absolute atomic E-state index is 13.5. The van der Waals surface area contributed by atoms with Crippen LogP contribution in [0.2, 0.25) is 5.02 Å². The van der Waals surface area contributed by atoms with Gasteiger partial charge in [0.25, 0.3) is 5.91 Å². The van der Waals surface area contributed by atoms with E-state index in [1.165, 1.54) is 0 Å². The number of carbonyl (C=O) groups is 1. The van der Waals surface area contributed by atoms with E-state index in [4.69, 9.17) is 21.1 Å². The van der Waals surface area contributed by atoms with E-state index in [9.17, 15) is 4.79 Å². The van der Waals surface area contributed by atoms with Crippen LogP contribution in [-0.4, -0.2) is 36.6 Å². The number of rotatable bonds is 4. The van der Waals surface area contributed by atoms with Gasteiger partial charge in [0.2, 0.25) is 0 Å². The maximum Gasteiger partial charge on any atom is 0.256 e. The number of carbonyl (C=O) groups excluding carboxylic acids is 1. The van der Waals surface area contributed by atoms with E-state index in [1.54, 1.807) is 14.2 Å². The Morgan fingerprint density at radius 2 is 1.90 bits per heavy atom. The minimum atomic E-state index is -0.00541. The highest BCUT2D eigenvalue weighted by Crippen LogP contribution is 2.38. The summed E-state index contributed by atoms with van der Waals surface area (Å²) in [6, 6.07) is 13.3. The van der Waals surface area contributed by atoms with Gasteiger partial charge in [0.05, 0.1) is 37.0 Å². The highest BCUT2D eigenvalue weighted by molar-refractivity contribution is 6.31. The molecule has 1 amide bonds. The van der Waals surface area contributed by atoms with Gasteiger partial charge in [-0.25, -0.2) is 0 Å². The van der Waals surface area contributed by atoms with Gasteiger partial charge < -0.3 is 14.4 Å². The summed E-state index contributed by atoms with van der Waals surface area (Å²) in [5.74, 6) is 1.34. The molecule has 1 aliphatic rings. The predicted octanol–water partition coefficient (Wildman–Crippen LogP) is 5.19. The number of likely N-dealkylation sites (tertiary alicyclic amines) is 1. The number of nitrogens with zero attached hydrogens (tertiary/aromatic N) is 2. The number of benzene rings is 2. The Bertz CT molecular complexity index is 1080. The zero-order valence-electron chi connectivity index (χ0n) is 16.7. The van der Waals surface area contributed by atoms with Crippen molar-refractivity contribution in [3.8, 4) is 11.5 Å². The van der Waals surface area contributed by atoms with Crippen molar-refractivity contribution < 1.29 is 14.3 Å². The molecule has 0 unspecified atom stereocenters. The van der Waals surface area contributed by atoms with E-state index >= 15 is 0 Å². The minimum absolute atomic E-state index is 0.00300. The third kappa shape index (κ3) is 3.62. The van der Waals surface area contributed by atoms with E-state index in [2.05, 4.69) is 4.98 Å². The zero-order chi connectivity index (χ0) is 20.5. The lowest BCUT2D eigenvalue weighted by atomic mass is 10.0. The summed E-state index contributed by atoms with van der Waals surface area (Å²) in [6.07, 6.45) is 1.86. The van der Waals surface area contributed by atoms with Gasteiger partial charge in [-0.05, 0) is 61.7 Å². The van der Waals surface area contributed by atoms with Crippen LogP contribution in [0.1, 0.15) is 40.5 Å². The molecule has 0 N–H and O–H groups in total. The van der Waals surface area contributed by atoms with Crippen molar-refractivity contribution in [3.05, 3.63) is 64.3 Å². The molecule has 4 rings (SSSR count). The molecule has 1 atom stereocenters. The van der Waals surface area contributed by atoms with Crippen molar-refractivity contribution in [3.63, 3.8) is 0 Å². The Balaban J connectivity index is 1.69. The van der Waals surface area contributed by atoms with Gasteiger partial charge >= 0.3 is 0 Å². The molecule has 1 fully saturated rings. The molecule has 3 aromatic rings.